The quantitative estimate of drug-likeness (QED) is 0.884. The van der Waals surface area contributed by atoms with Crippen LogP contribution in [0.2, 0.25) is 0 Å². The van der Waals surface area contributed by atoms with Crippen molar-refractivity contribution in [1.82, 2.24) is 5.32 Å². The zero-order valence-corrected chi connectivity index (χ0v) is 12.5. The minimum atomic E-state index is 0.912. The van der Waals surface area contributed by atoms with E-state index in [0.29, 0.717) is 0 Å². The summed E-state index contributed by atoms with van der Waals surface area (Å²) in [6, 6.07) is 14.9. The third-order valence-corrected chi connectivity index (χ3v) is 4.03. The van der Waals surface area contributed by atoms with Crippen molar-refractivity contribution in [3.05, 3.63) is 59.2 Å². The van der Waals surface area contributed by atoms with Gasteiger partial charge in [0.15, 0.2) is 0 Å². The Morgan fingerprint density at radius 3 is 2.81 bits per heavy atom. The zero-order chi connectivity index (χ0) is 14.5. The van der Waals surface area contributed by atoms with E-state index in [1.165, 1.54) is 22.4 Å². The number of benzene rings is 2. The van der Waals surface area contributed by atoms with Crippen LogP contribution in [0.1, 0.15) is 16.7 Å². The van der Waals surface area contributed by atoms with E-state index >= 15 is 0 Å². The maximum atomic E-state index is 5.18. The molecule has 3 rings (SSSR count). The maximum absolute atomic E-state index is 5.18. The fourth-order valence-corrected chi connectivity index (χ4v) is 2.81. The highest BCUT2D eigenvalue weighted by Crippen LogP contribution is 2.23. The van der Waals surface area contributed by atoms with Crippen LogP contribution in [-0.4, -0.2) is 20.2 Å². The summed E-state index contributed by atoms with van der Waals surface area (Å²) < 4.78 is 5.18. The molecule has 1 aliphatic rings. The molecule has 0 aromatic heterocycles. The lowest BCUT2D eigenvalue weighted by atomic mass is 9.99. The number of anilines is 1. The van der Waals surface area contributed by atoms with E-state index in [1.807, 2.05) is 12.1 Å². The lowest BCUT2D eigenvalue weighted by molar-refractivity contribution is 0.414. The van der Waals surface area contributed by atoms with Gasteiger partial charge < -0.3 is 15.4 Å². The summed E-state index contributed by atoms with van der Waals surface area (Å²) in [4.78, 5) is 0. The summed E-state index contributed by atoms with van der Waals surface area (Å²) in [5, 5.41) is 7.03. The van der Waals surface area contributed by atoms with Gasteiger partial charge in [-0.05, 0) is 54.3 Å². The van der Waals surface area contributed by atoms with Gasteiger partial charge in [0.1, 0.15) is 5.75 Å². The lowest BCUT2D eigenvalue weighted by Crippen LogP contribution is -2.24. The second-order valence-electron chi connectivity index (χ2n) is 5.39. The van der Waals surface area contributed by atoms with Crippen molar-refractivity contribution < 1.29 is 4.74 Å². The summed E-state index contributed by atoms with van der Waals surface area (Å²) in [6.45, 7) is 3.01. The van der Waals surface area contributed by atoms with Crippen LogP contribution in [0.3, 0.4) is 0 Å². The minimum Gasteiger partial charge on any atom is -0.497 e. The predicted octanol–water partition coefficient (Wildman–Crippen LogP) is 3.00. The van der Waals surface area contributed by atoms with Crippen LogP contribution in [0.4, 0.5) is 5.69 Å². The van der Waals surface area contributed by atoms with Gasteiger partial charge in [-0.25, -0.2) is 0 Å². The SMILES string of the molecule is COc1ccc(CCNc2cccc3c2CNCC3)cc1. The zero-order valence-electron chi connectivity index (χ0n) is 12.5. The summed E-state index contributed by atoms with van der Waals surface area (Å²) in [5.41, 5.74) is 5.50. The van der Waals surface area contributed by atoms with Crippen molar-refractivity contribution in [3.63, 3.8) is 0 Å². The molecule has 2 aromatic carbocycles. The van der Waals surface area contributed by atoms with E-state index in [9.17, 15) is 0 Å². The molecule has 0 unspecified atom stereocenters. The molecular weight excluding hydrogens is 260 g/mol. The van der Waals surface area contributed by atoms with Crippen LogP contribution in [-0.2, 0) is 19.4 Å². The number of methoxy groups -OCH3 is 1. The fraction of sp³-hybridized carbons (Fsp3) is 0.333. The van der Waals surface area contributed by atoms with Gasteiger partial charge in [0.2, 0.25) is 0 Å². The molecule has 1 heterocycles. The molecule has 0 aliphatic carbocycles. The molecule has 3 nitrogen and oxygen atoms in total. The molecule has 0 saturated carbocycles. The Morgan fingerprint density at radius 2 is 2.00 bits per heavy atom. The van der Waals surface area contributed by atoms with Gasteiger partial charge >= 0.3 is 0 Å². The first-order chi connectivity index (χ1) is 10.4. The third kappa shape index (κ3) is 3.37. The van der Waals surface area contributed by atoms with Crippen LogP contribution in [0.5, 0.6) is 5.75 Å². The standard InChI is InChI=1S/C18H22N2O/c1-21-16-7-5-14(6-8-16)9-12-20-18-4-2-3-15-10-11-19-13-17(15)18/h2-8,19-20H,9-13H2,1H3. The highest BCUT2D eigenvalue weighted by molar-refractivity contribution is 5.55. The average molecular weight is 282 g/mol. The first kappa shape index (κ1) is 14.0. The van der Waals surface area contributed by atoms with Crippen LogP contribution in [0.15, 0.2) is 42.5 Å². The monoisotopic (exact) mass is 282 g/mol. The van der Waals surface area contributed by atoms with Crippen molar-refractivity contribution in [2.75, 3.05) is 25.5 Å². The molecule has 0 saturated heterocycles. The molecule has 2 aromatic rings. The Balaban J connectivity index is 1.60. The molecule has 1 aliphatic heterocycles. The molecule has 0 fully saturated rings. The summed E-state index contributed by atoms with van der Waals surface area (Å²) >= 11 is 0. The van der Waals surface area contributed by atoms with Gasteiger partial charge in [0.25, 0.3) is 0 Å². The van der Waals surface area contributed by atoms with Crippen molar-refractivity contribution >= 4 is 5.69 Å². The smallest absolute Gasteiger partial charge is 0.118 e. The summed E-state index contributed by atoms with van der Waals surface area (Å²) in [6.07, 6.45) is 2.14. The van der Waals surface area contributed by atoms with Crippen molar-refractivity contribution in [2.45, 2.75) is 19.4 Å². The highest BCUT2D eigenvalue weighted by Gasteiger charge is 2.11. The Hall–Kier alpha value is -2.00. The average Bonchev–Trinajstić information content (AvgIpc) is 2.56. The van der Waals surface area contributed by atoms with E-state index in [4.69, 9.17) is 4.74 Å². The number of hydrogen-bond donors (Lipinski definition) is 2. The number of rotatable bonds is 5. The van der Waals surface area contributed by atoms with E-state index in [0.717, 1.165) is 38.2 Å². The highest BCUT2D eigenvalue weighted by atomic mass is 16.5. The van der Waals surface area contributed by atoms with Crippen LogP contribution < -0.4 is 15.4 Å². The summed E-state index contributed by atoms with van der Waals surface area (Å²) in [5.74, 6) is 0.912. The topological polar surface area (TPSA) is 33.3 Å². The molecule has 2 N–H and O–H groups in total. The van der Waals surface area contributed by atoms with E-state index in [-0.39, 0.29) is 0 Å². The Morgan fingerprint density at radius 1 is 1.14 bits per heavy atom. The maximum Gasteiger partial charge on any atom is 0.118 e. The number of hydrogen-bond acceptors (Lipinski definition) is 3. The second-order valence-corrected chi connectivity index (χ2v) is 5.39. The van der Waals surface area contributed by atoms with Crippen LogP contribution in [0.25, 0.3) is 0 Å². The van der Waals surface area contributed by atoms with E-state index < -0.39 is 0 Å². The van der Waals surface area contributed by atoms with Gasteiger partial charge in [0, 0.05) is 18.8 Å². The third-order valence-electron chi connectivity index (χ3n) is 4.03. The largest absolute Gasteiger partial charge is 0.497 e. The number of fused-ring (bicyclic) bond motifs is 1. The molecule has 0 amide bonds. The van der Waals surface area contributed by atoms with Crippen molar-refractivity contribution in [2.24, 2.45) is 0 Å². The van der Waals surface area contributed by atoms with Crippen LogP contribution in [0, 0.1) is 0 Å². The predicted molar refractivity (Wildman–Crippen MR) is 87.0 cm³/mol. The van der Waals surface area contributed by atoms with E-state index in [1.54, 1.807) is 7.11 Å². The molecule has 0 atom stereocenters. The minimum absolute atomic E-state index is 0.912. The fourth-order valence-electron chi connectivity index (χ4n) is 2.81. The first-order valence-electron chi connectivity index (χ1n) is 7.55. The lowest BCUT2D eigenvalue weighted by Gasteiger charge is -2.21. The molecule has 21 heavy (non-hydrogen) atoms. The number of nitrogens with one attached hydrogen (secondary N) is 2. The summed E-state index contributed by atoms with van der Waals surface area (Å²) in [7, 11) is 1.70. The molecular formula is C18H22N2O. The Bertz CT molecular complexity index is 593. The van der Waals surface area contributed by atoms with Crippen molar-refractivity contribution in [1.29, 1.82) is 0 Å². The molecule has 110 valence electrons. The second kappa shape index (κ2) is 6.64. The number of ether oxygens (including phenoxy) is 1. The normalized spacial score (nSPS) is 13.6. The van der Waals surface area contributed by atoms with Gasteiger partial charge in [0.05, 0.1) is 7.11 Å². The van der Waals surface area contributed by atoms with Gasteiger partial charge in [-0.2, -0.15) is 0 Å². The van der Waals surface area contributed by atoms with E-state index in [2.05, 4.69) is 41.0 Å². The molecule has 3 heteroatoms. The van der Waals surface area contributed by atoms with Gasteiger partial charge in [-0.3, -0.25) is 0 Å². The molecule has 0 radical (unpaired) electrons. The van der Waals surface area contributed by atoms with Crippen LogP contribution >= 0.6 is 0 Å². The van der Waals surface area contributed by atoms with Gasteiger partial charge in [-0.15, -0.1) is 0 Å². The first-order valence-corrected chi connectivity index (χ1v) is 7.55. The van der Waals surface area contributed by atoms with Gasteiger partial charge in [-0.1, -0.05) is 24.3 Å². The van der Waals surface area contributed by atoms with Crippen molar-refractivity contribution in [3.8, 4) is 5.75 Å². The Kier molecular flexibility index (Phi) is 4.41. The molecule has 0 bridgehead atoms. The molecule has 0 spiro atoms. The Labute approximate surface area is 126 Å².